The van der Waals surface area contributed by atoms with Gasteiger partial charge in [-0.15, -0.1) is 0 Å². The van der Waals surface area contributed by atoms with Gasteiger partial charge in [0.2, 0.25) is 0 Å². The van der Waals surface area contributed by atoms with Crippen LogP contribution in [0.15, 0.2) is 18.2 Å². The fourth-order valence-electron chi connectivity index (χ4n) is 2.61. The van der Waals surface area contributed by atoms with Crippen molar-refractivity contribution in [3.8, 4) is 0 Å². The van der Waals surface area contributed by atoms with Crippen molar-refractivity contribution in [3.63, 3.8) is 0 Å². The molecule has 1 saturated carbocycles. The van der Waals surface area contributed by atoms with Crippen LogP contribution >= 0.6 is 11.6 Å². The number of hydrogen-bond donors (Lipinski definition) is 2. The molecule has 1 aromatic carbocycles. The van der Waals surface area contributed by atoms with E-state index >= 15 is 0 Å². The van der Waals surface area contributed by atoms with Crippen molar-refractivity contribution in [2.24, 2.45) is 5.92 Å². The number of carbonyl (C=O) groups excluding carboxylic acids is 1. The number of carboxylic acids is 1. The van der Waals surface area contributed by atoms with E-state index in [1.165, 1.54) is 0 Å². The van der Waals surface area contributed by atoms with Gasteiger partial charge in [-0.2, -0.15) is 0 Å². The summed E-state index contributed by atoms with van der Waals surface area (Å²) in [5, 5.41) is 12.4. The highest BCUT2D eigenvalue weighted by molar-refractivity contribution is 6.33. The SMILES string of the molecule is Cc1ccc(C(=O)NC2CCCC(C(=O)O)C2)c(Cl)c1. The molecular weight excluding hydrogens is 278 g/mol. The van der Waals surface area contributed by atoms with E-state index in [1.807, 2.05) is 13.0 Å². The predicted octanol–water partition coefficient (Wildman–Crippen LogP) is 3.02. The Hall–Kier alpha value is -1.55. The van der Waals surface area contributed by atoms with Gasteiger partial charge in [-0.25, -0.2) is 0 Å². The summed E-state index contributed by atoms with van der Waals surface area (Å²) in [6, 6.07) is 5.19. The zero-order valence-electron chi connectivity index (χ0n) is 11.4. The number of benzene rings is 1. The minimum atomic E-state index is -0.780. The molecule has 2 N–H and O–H groups in total. The van der Waals surface area contributed by atoms with E-state index in [2.05, 4.69) is 5.32 Å². The smallest absolute Gasteiger partial charge is 0.306 e. The number of hydrogen-bond acceptors (Lipinski definition) is 2. The van der Waals surface area contributed by atoms with Gasteiger partial charge < -0.3 is 10.4 Å². The first-order valence-corrected chi connectivity index (χ1v) is 7.15. The van der Waals surface area contributed by atoms with Crippen LogP contribution in [-0.4, -0.2) is 23.0 Å². The lowest BCUT2D eigenvalue weighted by molar-refractivity contribution is -0.143. The van der Waals surface area contributed by atoms with Crippen LogP contribution in [-0.2, 0) is 4.79 Å². The van der Waals surface area contributed by atoms with Crippen LogP contribution in [0.1, 0.15) is 41.6 Å². The quantitative estimate of drug-likeness (QED) is 0.901. The maximum Gasteiger partial charge on any atom is 0.306 e. The Morgan fingerprint density at radius 1 is 1.35 bits per heavy atom. The molecule has 0 saturated heterocycles. The summed E-state index contributed by atoms with van der Waals surface area (Å²) < 4.78 is 0. The van der Waals surface area contributed by atoms with Gasteiger partial charge in [-0.1, -0.05) is 24.1 Å². The van der Waals surface area contributed by atoms with E-state index in [4.69, 9.17) is 16.7 Å². The van der Waals surface area contributed by atoms with Crippen LogP contribution in [0.4, 0.5) is 0 Å². The van der Waals surface area contributed by atoms with Crippen LogP contribution in [0.2, 0.25) is 5.02 Å². The lowest BCUT2D eigenvalue weighted by Crippen LogP contribution is -2.40. The van der Waals surface area contributed by atoms with E-state index in [-0.39, 0.29) is 17.9 Å². The second kappa shape index (κ2) is 6.27. The second-order valence-electron chi connectivity index (χ2n) is 5.36. The highest BCUT2D eigenvalue weighted by Crippen LogP contribution is 2.25. The molecule has 20 heavy (non-hydrogen) atoms. The Morgan fingerprint density at radius 3 is 2.75 bits per heavy atom. The van der Waals surface area contributed by atoms with Crippen LogP contribution in [0.3, 0.4) is 0 Å². The molecule has 0 bridgehead atoms. The topological polar surface area (TPSA) is 66.4 Å². The van der Waals surface area contributed by atoms with Gasteiger partial charge in [0.1, 0.15) is 0 Å². The van der Waals surface area contributed by atoms with Crippen molar-refractivity contribution < 1.29 is 14.7 Å². The zero-order valence-corrected chi connectivity index (χ0v) is 12.1. The summed E-state index contributed by atoms with van der Waals surface area (Å²) >= 11 is 6.07. The van der Waals surface area contributed by atoms with Crippen LogP contribution in [0.25, 0.3) is 0 Å². The normalized spacial score (nSPS) is 22.3. The summed E-state index contributed by atoms with van der Waals surface area (Å²) in [5.74, 6) is -1.37. The molecule has 1 aliphatic carbocycles. The predicted molar refractivity (Wildman–Crippen MR) is 77.0 cm³/mol. The molecule has 0 heterocycles. The van der Waals surface area contributed by atoms with Crippen molar-refractivity contribution in [1.29, 1.82) is 0 Å². The van der Waals surface area contributed by atoms with Gasteiger partial charge in [0, 0.05) is 6.04 Å². The fourth-order valence-corrected chi connectivity index (χ4v) is 2.93. The summed E-state index contributed by atoms with van der Waals surface area (Å²) in [6.45, 7) is 1.91. The minimum absolute atomic E-state index is 0.0882. The van der Waals surface area contributed by atoms with Gasteiger partial charge in [0.05, 0.1) is 16.5 Å². The monoisotopic (exact) mass is 295 g/mol. The lowest BCUT2D eigenvalue weighted by Gasteiger charge is -2.27. The molecule has 1 aliphatic rings. The maximum atomic E-state index is 12.2. The molecule has 0 aliphatic heterocycles. The summed E-state index contributed by atoms with van der Waals surface area (Å²) in [6.07, 6.45) is 2.82. The van der Waals surface area contributed by atoms with Crippen molar-refractivity contribution in [2.45, 2.75) is 38.6 Å². The number of aryl methyl sites for hydroxylation is 1. The molecule has 4 nitrogen and oxygen atoms in total. The summed E-state index contributed by atoms with van der Waals surface area (Å²) in [5.41, 5.74) is 1.44. The third kappa shape index (κ3) is 3.51. The third-order valence-electron chi connectivity index (χ3n) is 3.73. The maximum absolute atomic E-state index is 12.2. The molecule has 0 radical (unpaired) electrons. The Morgan fingerprint density at radius 2 is 2.10 bits per heavy atom. The Labute approximate surface area is 123 Å². The lowest BCUT2D eigenvalue weighted by atomic mass is 9.85. The molecule has 0 aromatic heterocycles. The summed E-state index contributed by atoms with van der Waals surface area (Å²) in [7, 11) is 0. The first-order chi connectivity index (χ1) is 9.47. The third-order valence-corrected chi connectivity index (χ3v) is 4.04. The van der Waals surface area contributed by atoms with Gasteiger partial charge in [0.25, 0.3) is 5.91 Å². The minimum Gasteiger partial charge on any atom is -0.481 e. The number of carbonyl (C=O) groups is 2. The second-order valence-corrected chi connectivity index (χ2v) is 5.76. The van der Waals surface area contributed by atoms with Crippen molar-refractivity contribution >= 4 is 23.5 Å². The average molecular weight is 296 g/mol. The van der Waals surface area contributed by atoms with Crippen molar-refractivity contribution in [3.05, 3.63) is 34.3 Å². The molecule has 1 aromatic rings. The van der Waals surface area contributed by atoms with Crippen LogP contribution in [0.5, 0.6) is 0 Å². The number of aliphatic carboxylic acids is 1. The molecule has 2 unspecified atom stereocenters. The first kappa shape index (κ1) is 14.9. The van der Waals surface area contributed by atoms with Gasteiger partial charge in [0.15, 0.2) is 0 Å². The zero-order chi connectivity index (χ0) is 14.7. The summed E-state index contributed by atoms with van der Waals surface area (Å²) in [4.78, 5) is 23.2. The Kier molecular flexibility index (Phi) is 4.65. The molecule has 2 atom stereocenters. The van der Waals surface area contributed by atoms with Gasteiger partial charge >= 0.3 is 5.97 Å². The van der Waals surface area contributed by atoms with E-state index in [0.29, 0.717) is 23.4 Å². The molecule has 5 heteroatoms. The average Bonchev–Trinajstić information content (AvgIpc) is 2.38. The molecular formula is C15H18ClNO3. The van der Waals surface area contributed by atoms with E-state index in [9.17, 15) is 9.59 Å². The van der Waals surface area contributed by atoms with E-state index in [0.717, 1.165) is 18.4 Å². The van der Waals surface area contributed by atoms with Crippen LogP contribution < -0.4 is 5.32 Å². The van der Waals surface area contributed by atoms with E-state index in [1.54, 1.807) is 12.1 Å². The van der Waals surface area contributed by atoms with E-state index < -0.39 is 5.97 Å². The van der Waals surface area contributed by atoms with Gasteiger partial charge in [-0.3, -0.25) is 9.59 Å². The number of amides is 1. The van der Waals surface area contributed by atoms with Crippen molar-refractivity contribution in [2.75, 3.05) is 0 Å². The molecule has 1 amide bonds. The van der Waals surface area contributed by atoms with Crippen molar-refractivity contribution in [1.82, 2.24) is 5.32 Å². The number of carboxylic acid groups (broad SMARTS) is 1. The molecule has 0 spiro atoms. The van der Waals surface area contributed by atoms with Crippen LogP contribution in [0, 0.1) is 12.8 Å². The Balaban J connectivity index is 2.02. The molecule has 2 rings (SSSR count). The molecule has 108 valence electrons. The van der Waals surface area contributed by atoms with Gasteiger partial charge in [-0.05, 0) is 43.9 Å². The molecule has 1 fully saturated rings. The number of rotatable bonds is 3. The standard InChI is InChI=1S/C15H18ClNO3/c1-9-5-6-12(13(16)7-9)14(18)17-11-4-2-3-10(8-11)15(19)20/h5-7,10-11H,2-4,8H2,1H3,(H,17,18)(H,19,20). The largest absolute Gasteiger partial charge is 0.481 e. The first-order valence-electron chi connectivity index (χ1n) is 6.77. The number of nitrogens with one attached hydrogen (secondary N) is 1. The highest BCUT2D eigenvalue weighted by Gasteiger charge is 2.28. The Bertz CT molecular complexity index is 530. The number of halogens is 1. The highest BCUT2D eigenvalue weighted by atomic mass is 35.5. The fraction of sp³-hybridized carbons (Fsp3) is 0.467.